The third-order valence-electron chi connectivity index (χ3n) is 5.54. The van der Waals surface area contributed by atoms with Crippen LogP contribution in [0.2, 0.25) is 0 Å². The van der Waals surface area contributed by atoms with Gasteiger partial charge >= 0.3 is 0 Å². The van der Waals surface area contributed by atoms with Crippen LogP contribution in [0.5, 0.6) is 0 Å². The molecule has 0 aliphatic carbocycles. The van der Waals surface area contributed by atoms with Crippen molar-refractivity contribution in [2.45, 2.75) is 32.2 Å². The maximum absolute atomic E-state index is 13.6. The summed E-state index contributed by atoms with van der Waals surface area (Å²) in [5.74, 6) is 1.28. The first-order chi connectivity index (χ1) is 16.0. The molecule has 4 aromatic rings. The number of hydrogen-bond acceptors (Lipinski definition) is 7. The van der Waals surface area contributed by atoms with E-state index in [4.69, 9.17) is 4.98 Å². The number of rotatable bonds is 5. The normalized spacial score (nSPS) is 16.1. The summed E-state index contributed by atoms with van der Waals surface area (Å²) < 4.78 is 13.6. The van der Waals surface area contributed by atoms with E-state index in [0.29, 0.717) is 23.1 Å². The van der Waals surface area contributed by atoms with Gasteiger partial charge in [0.1, 0.15) is 18.0 Å². The lowest BCUT2D eigenvalue weighted by molar-refractivity contribution is -0.114. The van der Waals surface area contributed by atoms with Gasteiger partial charge < -0.3 is 20.5 Å². The molecule has 33 heavy (non-hydrogen) atoms. The number of benzene rings is 2. The fourth-order valence-electron chi connectivity index (χ4n) is 4.11. The van der Waals surface area contributed by atoms with E-state index >= 15 is 0 Å². The Bertz CT molecular complexity index is 1310. The highest BCUT2D eigenvalue weighted by molar-refractivity contribution is 5.89. The minimum atomic E-state index is -0.297. The second kappa shape index (κ2) is 8.81. The predicted molar refractivity (Wildman–Crippen MR) is 124 cm³/mol. The highest BCUT2D eigenvalue weighted by Crippen LogP contribution is 2.33. The average molecular weight is 446 g/mol. The monoisotopic (exact) mass is 446 g/mol. The van der Waals surface area contributed by atoms with Crippen LogP contribution in [0.15, 0.2) is 48.8 Å². The van der Waals surface area contributed by atoms with Gasteiger partial charge in [0.2, 0.25) is 17.8 Å². The standard InChI is InChI=1S/C23H23FN8O/c1-14(33)27-16-5-4-6-17(12-16)28-22-25-13-26-23(31-22)32-10-3-2-7-20(32)21-29-18-9-8-15(24)11-19(18)30-21/h4-6,8-9,11-13,20H,2-3,7,10H2,1H3,(H,27,33)(H,29,30)(H,25,26,28,31)/t20-/m0/s1. The largest absolute Gasteiger partial charge is 0.340 e. The van der Waals surface area contributed by atoms with Gasteiger partial charge in [-0.1, -0.05) is 6.07 Å². The predicted octanol–water partition coefficient (Wildman–Crippen LogP) is 4.32. The summed E-state index contributed by atoms with van der Waals surface area (Å²) in [5, 5.41) is 5.93. The zero-order chi connectivity index (χ0) is 22.8. The second-order valence-corrected chi connectivity index (χ2v) is 7.98. The molecular formula is C23H23FN8O. The number of carbonyl (C=O) groups is 1. The first kappa shape index (κ1) is 20.8. The Balaban J connectivity index is 1.41. The number of anilines is 4. The summed E-state index contributed by atoms with van der Waals surface area (Å²) >= 11 is 0. The Morgan fingerprint density at radius 1 is 1.12 bits per heavy atom. The van der Waals surface area contributed by atoms with Crippen LogP contribution in [0, 0.1) is 5.82 Å². The molecule has 1 atom stereocenters. The van der Waals surface area contributed by atoms with Crippen molar-refractivity contribution in [3.05, 3.63) is 60.4 Å². The Morgan fingerprint density at radius 3 is 2.88 bits per heavy atom. The van der Waals surface area contributed by atoms with Crippen LogP contribution in [0.4, 0.5) is 27.7 Å². The van der Waals surface area contributed by atoms with E-state index in [1.807, 2.05) is 24.3 Å². The van der Waals surface area contributed by atoms with Crippen molar-refractivity contribution in [3.8, 4) is 0 Å². The van der Waals surface area contributed by atoms with Gasteiger partial charge in [0.05, 0.1) is 17.1 Å². The molecule has 1 saturated heterocycles. The fraction of sp³-hybridized carbons (Fsp3) is 0.261. The highest BCUT2D eigenvalue weighted by atomic mass is 19.1. The minimum Gasteiger partial charge on any atom is -0.340 e. The van der Waals surface area contributed by atoms with E-state index in [1.165, 1.54) is 25.4 Å². The van der Waals surface area contributed by atoms with Crippen LogP contribution < -0.4 is 15.5 Å². The van der Waals surface area contributed by atoms with Gasteiger partial charge in [0.25, 0.3) is 0 Å². The number of fused-ring (bicyclic) bond motifs is 1. The van der Waals surface area contributed by atoms with E-state index < -0.39 is 0 Å². The number of hydrogen-bond donors (Lipinski definition) is 3. The zero-order valence-corrected chi connectivity index (χ0v) is 18.0. The molecule has 168 valence electrons. The van der Waals surface area contributed by atoms with E-state index in [9.17, 15) is 9.18 Å². The van der Waals surface area contributed by atoms with Gasteiger partial charge in [-0.25, -0.2) is 19.3 Å². The lowest BCUT2D eigenvalue weighted by Crippen LogP contribution is -2.35. The van der Waals surface area contributed by atoms with E-state index in [2.05, 4.69) is 35.5 Å². The molecule has 2 aromatic heterocycles. The number of imidazole rings is 1. The summed E-state index contributed by atoms with van der Waals surface area (Å²) in [6, 6.07) is 11.8. The van der Waals surface area contributed by atoms with Crippen LogP contribution in [-0.4, -0.2) is 37.4 Å². The molecule has 3 heterocycles. The Morgan fingerprint density at radius 2 is 2.00 bits per heavy atom. The smallest absolute Gasteiger partial charge is 0.232 e. The van der Waals surface area contributed by atoms with Crippen LogP contribution in [-0.2, 0) is 4.79 Å². The van der Waals surface area contributed by atoms with Crippen molar-refractivity contribution in [1.29, 1.82) is 0 Å². The average Bonchev–Trinajstić information content (AvgIpc) is 3.22. The lowest BCUT2D eigenvalue weighted by atomic mass is 10.0. The number of aromatic nitrogens is 5. The number of nitrogens with one attached hydrogen (secondary N) is 3. The highest BCUT2D eigenvalue weighted by Gasteiger charge is 2.29. The van der Waals surface area contributed by atoms with Crippen molar-refractivity contribution >= 4 is 40.2 Å². The summed E-state index contributed by atoms with van der Waals surface area (Å²) in [6.07, 6.45) is 4.43. The molecule has 1 aliphatic heterocycles. The Kier molecular flexibility index (Phi) is 5.55. The molecule has 1 fully saturated rings. The van der Waals surface area contributed by atoms with Gasteiger partial charge in [-0.2, -0.15) is 4.98 Å². The molecule has 2 aromatic carbocycles. The molecule has 5 rings (SSSR count). The van der Waals surface area contributed by atoms with E-state index in [1.54, 1.807) is 6.07 Å². The maximum atomic E-state index is 13.6. The number of aromatic amines is 1. The number of nitrogens with zero attached hydrogens (tertiary/aromatic N) is 5. The van der Waals surface area contributed by atoms with Crippen molar-refractivity contribution in [2.24, 2.45) is 0 Å². The zero-order valence-electron chi connectivity index (χ0n) is 18.0. The molecule has 1 amide bonds. The van der Waals surface area contributed by atoms with Crippen molar-refractivity contribution in [1.82, 2.24) is 24.9 Å². The third kappa shape index (κ3) is 4.59. The van der Waals surface area contributed by atoms with E-state index in [-0.39, 0.29) is 17.8 Å². The molecule has 10 heteroatoms. The van der Waals surface area contributed by atoms with Crippen molar-refractivity contribution in [2.75, 3.05) is 22.1 Å². The fourth-order valence-corrected chi connectivity index (χ4v) is 4.11. The number of halogens is 1. The molecule has 0 bridgehead atoms. The molecular weight excluding hydrogens is 423 g/mol. The topological polar surface area (TPSA) is 112 Å². The molecule has 1 aliphatic rings. The lowest BCUT2D eigenvalue weighted by Gasteiger charge is -2.34. The quantitative estimate of drug-likeness (QED) is 0.419. The third-order valence-corrected chi connectivity index (χ3v) is 5.54. The number of H-pyrrole nitrogens is 1. The molecule has 0 saturated carbocycles. The minimum absolute atomic E-state index is 0.0486. The van der Waals surface area contributed by atoms with Crippen LogP contribution in [0.25, 0.3) is 11.0 Å². The molecule has 0 unspecified atom stereocenters. The number of carbonyl (C=O) groups excluding carboxylic acids is 1. The van der Waals surface area contributed by atoms with Gasteiger partial charge in [0, 0.05) is 24.8 Å². The molecule has 0 spiro atoms. The molecule has 0 radical (unpaired) electrons. The Hall–Kier alpha value is -4.08. The summed E-state index contributed by atoms with van der Waals surface area (Å²) in [7, 11) is 0. The number of amides is 1. The number of piperidine rings is 1. The maximum Gasteiger partial charge on any atom is 0.232 e. The van der Waals surface area contributed by atoms with Crippen LogP contribution in [0.3, 0.4) is 0 Å². The second-order valence-electron chi connectivity index (χ2n) is 7.98. The first-order valence-electron chi connectivity index (χ1n) is 10.8. The molecule has 3 N–H and O–H groups in total. The van der Waals surface area contributed by atoms with Gasteiger partial charge in [-0.15, -0.1) is 0 Å². The summed E-state index contributed by atoms with van der Waals surface area (Å²) in [4.78, 5) is 34.7. The van der Waals surface area contributed by atoms with Crippen molar-refractivity contribution < 1.29 is 9.18 Å². The van der Waals surface area contributed by atoms with Crippen molar-refractivity contribution in [3.63, 3.8) is 0 Å². The summed E-state index contributed by atoms with van der Waals surface area (Å²) in [5.41, 5.74) is 2.83. The molecule has 9 nitrogen and oxygen atoms in total. The van der Waals surface area contributed by atoms with E-state index in [0.717, 1.165) is 42.8 Å². The SMILES string of the molecule is CC(=O)Nc1cccc(Nc2ncnc(N3CCCC[C@H]3c3nc4ccc(F)cc4[nH]3)n2)c1. The summed E-state index contributed by atoms with van der Waals surface area (Å²) in [6.45, 7) is 2.24. The Labute approximate surface area is 189 Å². The van der Waals surface area contributed by atoms with Crippen LogP contribution in [0.1, 0.15) is 38.1 Å². The van der Waals surface area contributed by atoms with Gasteiger partial charge in [-0.05, 0) is 55.7 Å². The van der Waals surface area contributed by atoms with Gasteiger partial charge in [-0.3, -0.25) is 4.79 Å². The van der Waals surface area contributed by atoms with Crippen LogP contribution >= 0.6 is 0 Å². The first-order valence-corrected chi connectivity index (χ1v) is 10.8. The van der Waals surface area contributed by atoms with Gasteiger partial charge in [0.15, 0.2) is 0 Å².